The third-order valence-corrected chi connectivity index (χ3v) is 2.98. The molecule has 0 radical (unpaired) electrons. The highest BCUT2D eigenvalue weighted by molar-refractivity contribution is 5.91. The van der Waals surface area contributed by atoms with Crippen molar-refractivity contribution in [2.75, 3.05) is 32.1 Å². The second kappa shape index (κ2) is 7.37. The molecule has 1 aromatic carbocycles. The molecule has 0 fully saturated rings. The maximum absolute atomic E-state index is 12.3. The Morgan fingerprint density at radius 1 is 1.35 bits per heavy atom. The molecule has 6 heteroatoms. The number of ether oxygens (including phenoxy) is 1. The van der Waals surface area contributed by atoms with Crippen LogP contribution in [0.1, 0.15) is 13.3 Å². The van der Waals surface area contributed by atoms with E-state index in [9.17, 15) is 9.59 Å². The van der Waals surface area contributed by atoms with Gasteiger partial charge in [-0.05, 0) is 19.1 Å². The van der Waals surface area contributed by atoms with Crippen LogP contribution in [0.5, 0.6) is 5.75 Å². The fraction of sp³-hybridized carbons (Fsp3) is 0.429. The average Bonchev–Trinajstić information content (AvgIpc) is 2.46. The second-order valence-corrected chi connectivity index (χ2v) is 4.27. The minimum absolute atomic E-state index is 0.0640. The number of nitrogens with zero attached hydrogens (tertiary/aromatic N) is 2. The molecule has 1 aromatic rings. The SMILES string of the molecule is CCN(CCC(=O)O)C(=O)N(C)c1cccc(OC)c1. The number of carbonyl (C=O) groups excluding carboxylic acids is 1. The molecular formula is C14H20N2O4. The summed E-state index contributed by atoms with van der Waals surface area (Å²) in [5.74, 6) is -0.254. The number of rotatable bonds is 6. The highest BCUT2D eigenvalue weighted by Crippen LogP contribution is 2.20. The van der Waals surface area contributed by atoms with E-state index < -0.39 is 5.97 Å². The van der Waals surface area contributed by atoms with Gasteiger partial charge in [-0.2, -0.15) is 0 Å². The van der Waals surface area contributed by atoms with Crippen LogP contribution >= 0.6 is 0 Å². The van der Waals surface area contributed by atoms with Crippen molar-refractivity contribution in [3.8, 4) is 5.75 Å². The summed E-state index contributed by atoms with van der Waals surface area (Å²) < 4.78 is 5.12. The minimum atomic E-state index is -0.916. The number of carbonyl (C=O) groups is 2. The van der Waals surface area contributed by atoms with Gasteiger partial charge in [0.15, 0.2) is 0 Å². The first-order valence-corrected chi connectivity index (χ1v) is 6.38. The Kier molecular flexibility index (Phi) is 5.83. The van der Waals surface area contributed by atoms with E-state index in [-0.39, 0.29) is 19.0 Å². The first-order valence-electron chi connectivity index (χ1n) is 6.38. The molecule has 0 saturated carbocycles. The van der Waals surface area contributed by atoms with Crippen LogP contribution in [0.15, 0.2) is 24.3 Å². The number of benzene rings is 1. The average molecular weight is 280 g/mol. The van der Waals surface area contributed by atoms with E-state index >= 15 is 0 Å². The third kappa shape index (κ3) is 4.15. The molecule has 0 aromatic heterocycles. The lowest BCUT2D eigenvalue weighted by Crippen LogP contribution is -2.42. The molecule has 0 aliphatic heterocycles. The van der Waals surface area contributed by atoms with Gasteiger partial charge >= 0.3 is 12.0 Å². The van der Waals surface area contributed by atoms with Crippen molar-refractivity contribution in [3.63, 3.8) is 0 Å². The van der Waals surface area contributed by atoms with Gasteiger partial charge in [0.05, 0.1) is 13.5 Å². The predicted molar refractivity (Wildman–Crippen MR) is 76.3 cm³/mol. The first kappa shape index (κ1) is 15.8. The van der Waals surface area contributed by atoms with Gasteiger partial charge in [-0.25, -0.2) is 4.79 Å². The van der Waals surface area contributed by atoms with Crippen LogP contribution in [0, 0.1) is 0 Å². The van der Waals surface area contributed by atoms with Crippen molar-refractivity contribution in [3.05, 3.63) is 24.3 Å². The standard InChI is InChI=1S/C14H20N2O4/c1-4-16(9-8-13(17)18)14(19)15(2)11-6-5-7-12(10-11)20-3/h5-7,10H,4,8-9H2,1-3H3,(H,17,18). The number of amides is 2. The number of methoxy groups -OCH3 is 1. The zero-order valence-electron chi connectivity index (χ0n) is 12.0. The highest BCUT2D eigenvalue weighted by Gasteiger charge is 2.18. The number of hydrogen-bond donors (Lipinski definition) is 1. The molecule has 0 heterocycles. The van der Waals surface area contributed by atoms with E-state index in [1.165, 1.54) is 9.80 Å². The van der Waals surface area contributed by atoms with Crippen LogP contribution in [-0.2, 0) is 4.79 Å². The summed E-state index contributed by atoms with van der Waals surface area (Å²) in [4.78, 5) is 25.9. The number of aliphatic carboxylic acids is 1. The summed E-state index contributed by atoms with van der Waals surface area (Å²) in [5.41, 5.74) is 0.697. The van der Waals surface area contributed by atoms with Gasteiger partial charge in [0, 0.05) is 31.9 Å². The van der Waals surface area contributed by atoms with E-state index in [0.717, 1.165) is 0 Å². The predicted octanol–water partition coefficient (Wildman–Crippen LogP) is 2.05. The number of hydrogen-bond acceptors (Lipinski definition) is 3. The lowest BCUT2D eigenvalue weighted by atomic mass is 10.3. The number of urea groups is 1. The molecule has 0 unspecified atom stereocenters. The van der Waals surface area contributed by atoms with E-state index in [4.69, 9.17) is 9.84 Å². The first-order chi connectivity index (χ1) is 9.49. The van der Waals surface area contributed by atoms with Crippen LogP contribution < -0.4 is 9.64 Å². The second-order valence-electron chi connectivity index (χ2n) is 4.27. The van der Waals surface area contributed by atoms with Crippen molar-refractivity contribution in [1.82, 2.24) is 4.90 Å². The monoisotopic (exact) mass is 280 g/mol. The van der Waals surface area contributed by atoms with Crippen molar-refractivity contribution in [2.45, 2.75) is 13.3 Å². The molecule has 0 spiro atoms. The Morgan fingerprint density at radius 2 is 2.05 bits per heavy atom. The summed E-state index contributed by atoms with van der Waals surface area (Å²) in [7, 11) is 3.21. The van der Waals surface area contributed by atoms with Crippen LogP contribution in [0.25, 0.3) is 0 Å². The molecule has 2 amide bonds. The van der Waals surface area contributed by atoms with Crippen LogP contribution in [0.4, 0.5) is 10.5 Å². The Morgan fingerprint density at radius 3 is 2.60 bits per heavy atom. The van der Waals surface area contributed by atoms with Gasteiger partial charge in [0.2, 0.25) is 0 Å². The quantitative estimate of drug-likeness (QED) is 0.865. The van der Waals surface area contributed by atoms with E-state index in [1.807, 2.05) is 6.92 Å². The number of anilines is 1. The Balaban J connectivity index is 2.79. The summed E-state index contributed by atoms with van der Waals surface area (Å²) in [5, 5.41) is 8.70. The zero-order chi connectivity index (χ0) is 15.1. The van der Waals surface area contributed by atoms with Gasteiger partial charge in [0.25, 0.3) is 0 Å². The lowest BCUT2D eigenvalue weighted by molar-refractivity contribution is -0.137. The van der Waals surface area contributed by atoms with Crippen molar-refractivity contribution in [1.29, 1.82) is 0 Å². The van der Waals surface area contributed by atoms with Gasteiger partial charge in [0.1, 0.15) is 5.75 Å². The van der Waals surface area contributed by atoms with Gasteiger partial charge in [-0.15, -0.1) is 0 Å². The molecule has 0 aliphatic rings. The Bertz CT molecular complexity index is 476. The van der Waals surface area contributed by atoms with Crippen molar-refractivity contribution in [2.24, 2.45) is 0 Å². The van der Waals surface area contributed by atoms with Gasteiger partial charge < -0.3 is 14.7 Å². The molecule has 1 rings (SSSR count). The van der Waals surface area contributed by atoms with E-state index in [1.54, 1.807) is 38.4 Å². The molecule has 1 N–H and O–H groups in total. The summed E-state index contributed by atoms with van der Waals surface area (Å²) in [6, 6.07) is 6.91. The lowest BCUT2D eigenvalue weighted by Gasteiger charge is -2.27. The maximum atomic E-state index is 12.3. The van der Waals surface area contributed by atoms with E-state index in [0.29, 0.717) is 18.0 Å². The van der Waals surface area contributed by atoms with Crippen LogP contribution in [0.3, 0.4) is 0 Å². The number of carboxylic acid groups (broad SMARTS) is 1. The third-order valence-electron chi connectivity index (χ3n) is 2.98. The summed E-state index contributed by atoms with van der Waals surface area (Å²) in [6.45, 7) is 2.47. The highest BCUT2D eigenvalue weighted by atomic mass is 16.5. The minimum Gasteiger partial charge on any atom is -0.497 e. The zero-order valence-corrected chi connectivity index (χ0v) is 12.0. The molecule has 0 saturated heterocycles. The fourth-order valence-electron chi connectivity index (χ4n) is 1.76. The fourth-order valence-corrected chi connectivity index (χ4v) is 1.76. The van der Waals surface area contributed by atoms with Gasteiger partial charge in [-0.1, -0.05) is 6.07 Å². The maximum Gasteiger partial charge on any atom is 0.324 e. The smallest absolute Gasteiger partial charge is 0.324 e. The Hall–Kier alpha value is -2.24. The van der Waals surface area contributed by atoms with Crippen LogP contribution in [-0.4, -0.2) is 49.3 Å². The van der Waals surface area contributed by atoms with E-state index in [2.05, 4.69) is 0 Å². The molecule has 0 atom stereocenters. The summed E-state index contributed by atoms with van der Waals surface area (Å²) in [6.07, 6.45) is -0.0640. The Labute approximate surface area is 118 Å². The molecule has 110 valence electrons. The van der Waals surface area contributed by atoms with Gasteiger partial charge in [-0.3, -0.25) is 9.69 Å². The molecule has 20 heavy (non-hydrogen) atoms. The van der Waals surface area contributed by atoms with Crippen molar-refractivity contribution >= 4 is 17.7 Å². The largest absolute Gasteiger partial charge is 0.497 e. The molecule has 0 bridgehead atoms. The van der Waals surface area contributed by atoms with Crippen LogP contribution in [0.2, 0.25) is 0 Å². The molecule has 0 aliphatic carbocycles. The molecule has 6 nitrogen and oxygen atoms in total. The normalized spacial score (nSPS) is 9.95. The number of carboxylic acids is 1. The molecular weight excluding hydrogens is 260 g/mol. The summed E-state index contributed by atoms with van der Waals surface area (Å²) >= 11 is 0. The van der Waals surface area contributed by atoms with Crippen molar-refractivity contribution < 1.29 is 19.4 Å². The topological polar surface area (TPSA) is 70.1 Å².